The Kier molecular flexibility index (Phi) is 5.20. The summed E-state index contributed by atoms with van der Waals surface area (Å²) < 4.78 is 0. The number of aliphatic carboxylic acids is 1. The van der Waals surface area contributed by atoms with Crippen molar-refractivity contribution >= 4 is 17.8 Å². The van der Waals surface area contributed by atoms with Crippen LogP contribution in [0.1, 0.15) is 45.4 Å². The molecule has 1 aliphatic carbocycles. The Morgan fingerprint density at radius 2 is 1.76 bits per heavy atom. The molecule has 0 aromatic carbocycles. The molecule has 1 heterocycles. The highest BCUT2D eigenvalue weighted by atomic mass is 16.4. The van der Waals surface area contributed by atoms with Gasteiger partial charge in [0.1, 0.15) is 6.04 Å². The molecule has 1 saturated carbocycles. The van der Waals surface area contributed by atoms with Crippen LogP contribution in [0.5, 0.6) is 0 Å². The topological polar surface area (TPSA) is 86.7 Å². The van der Waals surface area contributed by atoms with Crippen molar-refractivity contribution in [3.05, 3.63) is 0 Å². The van der Waals surface area contributed by atoms with Crippen LogP contribution < -0.4 is 5.32 Å². The second kappa shape index (κ2) is 6.91. The van der Waals surface area contributed by atoms with Crippen molar-refractivity contribution in [3.8, 4) is 0 Å². The summed E-state index contributed by atoms with van der Waals surface area (Å²) in [6.07, 6.45) is 4.41. The second-order valence-electron chi connectivity index (χ2n) is 6.06. The standard InChI is InChI=1S/C15H24N2O4/c1-2-3-12(15(20)21)16-13(18)10-6-8-17(9-7-10)14(19)11-4-5-11/h10-12H,2-9H2,1H3,(H,16,18)(H,20,21)/t12-/m1/s1. The third-order valence-corrected chi connectivity index (χ3v) is 4.30. The fourth-order valence-corrected chi connectivity index (χ4v) is 2.79. The van der Waals surface area contributed by atoms with Crippen LogP contribution in [0.3, 0.4) is 0 Å². The molecule has 0 radical (unpaired) electrons. The van der Waals surface area contributed by atoms with E-state index in [1.807, 2.05) is 11.8 Å². The Hall–Kier alpha value is -1.59. The number of likely N-dealkylation sites (tertiary alicyclic amines) is 1. The molecule has 1 atom stereocenters. The third kappa shape index (κ3) is 4.19. The predicted octanol–water partition coefficient (Wildman–Crippen LogP) is 1.00. The first-order valence-electron chi connectivity index (χ1n) is 7.85. The maximum atomic E-state index is 12.1. The molecule has 6 nitrogen and oxygen atoms in total. The van der Waals surface area contributed by atoms with Gasteiger partial charge >= 0.3 is 5.97 Å². The lowest BCUT2D eigenvalue weighted by atomic mass is 9.95. The molecular formula is C15H24N2O4. The Labute approximate surface area is 124 Å². The molecule has 2 fully saturated rings. The van der Waals surface area contributed by atoms with E-state index in [2.05, 4.69) is 5.32 Å². The van der Waals surface area contributed by atoms with Gasteiger partial charge in [0.05, 0.1) is 0 Å². The average Bonchev–Trinajstić information content (AvgIpc) is 3.30. The monoisotopic (exact) mass is 296 g/mol. The number of piperidine rings is 1. The van der Waals surface area contributed by atoms with Crippen molar-refractivity contribution in [2.24, 2.45) is 11.8 Å². The van der Waals surface area contributed by atoms with Gasteiger partial charge in [0.2, 0.25) is 11.8 Å². The van der Waals surface area contributed by atoms with Crippen LogP contribution in [0.2, 0.25) is 0 Å². The van der Waals surface area contributed by atoms with E-state index in [1.165, 1.54) is 0 Å². The Morgan fingerprint density at radius 3 is 2.24 bits per heavy atom. The van der Waals surface area contributed by atoms with Crippen LogP contribution in [-0.4, -0.2) is 46.9 Å². The summed E-state index contributed by atoms with van der Waals surface area (Å²) in [6, 6.07) is -0.798. The van der Waals surface area contributed by atoms with E-state index in [0.29, 0.717) is 38.8 Å². The number of carbonyl (C=O) groups is 3. The van der Waals surface area contributed by atoms with Crippen molar-refractivity contribution in [1.82, 2.24) is 10.2 Å². The summed E-state index contributed by atoms with van der Waals surface area (Å²) in [7, 11) is 0. The lowest BCUT2D eigenvalue weighted by Gasteiger charge is -2.32. The van der Waals surface area contributed by atoms with E-state index in [4.69, 9.17) is 5.11 Å². The maximum absolute atomic E-state index is 12.1. The van der Waals surface area contributed by atoms with Crippen molar-refractivity contribution in [1.29, 1.82) is 0 Å². The number of nitrogens with zero attached hydrogens (tertiary/aromatic N) is 1. The van der Waals surface area contributed by atoms with Crippen LogP contribution in [0, 0.1) is 11.8 Å². The minimum absolute atomic E-state index is 0.174. The lowest BCUT2D eigenvalue weighted by molar-refractivity contribution is -0.143. The number of rotatable bonds is 6. The zero-order valence-electron chi connectivity index (χ0n) is 12.5. The van der Waals surface area contributed by atoms with Crippen molar-refractivity contribution in [3.63, 3.8) is 0 Å². The summed E-state index contributed by atoms with van der Waals surface area (Å²) in [5.74, 6) is -0.896. The number of carboxylic acids is 1. The van der Waals surface area contributed by atoms with E-state index >= 15 is 0 Å². The van der Waals surface area contributed by atoms with Crippen LogP contribution >= 0.6 is 0 Å². The van der Waals surface area contributed by atoms with E-state index < -0.39 is 12.0 Å². The predicted molar refractivity (Wildman–Crippen MR) is 76.5 cm³/mol. The van der Waals surface area contributed by atoms with Crippen molar-refractivity contribution in [2.75, 3.05) is 13.1 Å². The molecule has 1 aliphatic heterocycles. The molecule has 0 aromatic rings. The molecule has 0 unspecified atom stereocenters. The van der Waals surface area contributed by atoms with Crippen molar-refractivity contribution in [2.45, 2.75) is 51.5 Å². The first kappa shape index (κ1) is 15.8. The smallest absolute Gasteiger partial charge is 0.326 e. The van der Waals surface area contributed by atoms with Gasteiger partial charge in [-0.05, 0) is 32.1 Å². The average molecular weight is 296 g/mol. The zero-order valence-corrected chi connectivity index (χ0v) is 12.5. The summed E-state index contributed by atoms with van der Waals surface area (Å²) in [5.41, 5.74) is 0. The summed E-state index contributed by atoms with van der Waals surface area (Å²) in [4.78, 5) is 37.0. The highest BCUT2D eigenvalue weighted by molar-refractivity contribution is 5.85. The second-order valence-corrected chi connectivity index (χ2v) is 6.06. The van der Waals surface area contributed by atoms with E-state index in [9.17, 15) is 14.4 Å². The molecule has 2 N–H and O–H groups in total. The van der Waals surface area contributed by atoms with Gasteiger partial charge < -0.3 is 15.3 Å². The minimum Gasteiger partial charge on any atom is -0.480 e. The molecule has 2 amide bonds. The molecule has 6 heteroatoms. The third-order valence-electron chi connectivity index (χ3n) is 4.30. The maximum Gasteiger partial charge on any atom is 0.326 e. The number of hydrogen-bond donors (Lipinski definition) is 2. The van der Waals surface area contributed by atoms with Gasteiger partial charge in [0, 0.05) is 24.9 Å². The number of carbonyl (C=O) groups excluding carboxylic acids is 2. The van der Waals surface area contributed by atoms with Crippen LogP contribution in [0.15, 0.2) is 0 Å². The molecule has 1 saturated heterocycles. The first-order valence-corrected chi connectivity index (χ1v) is 7.85. The number of nitrogens with one attached hydrogen (secondary N) is 1. The van der Waals surface area contributed by atoms with Gasteiger partial charge in [-0.1, -0.05) is 13.3 Å². The summed E-state index contributed by atoms with van der Waals surface area (Å²) in [6.45, 7) is 3.11. The van der Waals surface area contributed by atoms with Crippen molar-refractivity contribution < 1.29 is 19.5 Å². The molecule has 2 aliphatic rings. The Balaban J connectivity index is 1.79. The molecule has 118 valence electrons. The highest BCUT2D eigenvalue weighted by Gasteiger charge is 2.36. The summed E-state index contributed by atoms with van der Waals surface area (Å²) >= 11 is 0. The van der Waals surface area contributed by atoms with Crippen LogP contribution in [-0.2, 0) is 14.4 Å². The molecule has 0 spiro atoms. The molecule has 2 rings (SSSR count). The number of hydrogen-bond acceptors (Lipinski definition) is 3. The molecule has 21 heavy (non-hydrogen) atoms. The van der Waals surface area contributed by atoms with Gasteiger partial charge in [0.15, 0.2) is 0 Å². The van der Waals surface area contributed by atoms with Gasteiger partial charge in [-0.15, -0.1) is 0 Å². The fraction of sp³-hybridized carbons (Fsp3) is 0.800. The van der Waals surface area contributed by atoms with Gasteiger partial charge in [-0.25, -0.2) is 4.79 Å². The minimum atomic E-state index is -0.980. The van der Waals surface area contributed by atoms with Gasteiger partial charge in [0.25, 0.3) is 0 Å². The van der Waals surface area contributed by atoms with Crippen LogP contribution in [0.4, 0.5) is 0 Å². The normalized spacial score (nSPS) is 20.9. The van der Waals surface area contributed by atoms with Crippen LogP contribution in [0.25, 0.3) is 0 Å². The first-order chi connectivity index (χ1) is 10.0. The SMILES string of the molecule is CCC[C@@H](NC(=O)C1CCN(C(=O)C2CC2)CC1)C(=O)O. The Morgan fingerprint density at radius 1 is 1.14 bits per heavy atom. The quantitative estimate of drug-likeness (QED) is 0.765. The molecule has 0 aromatic heterocycles. The van der Waals surface area contributed by atoms with Gasteiger partial charge in [-0.2, -0.15) is 0 Å². The highest BCUT2D eigenvalue weighted by Crippen LogP contribution is 2.32. The Bertz CT molecular complexity index is 412. The molecular weight excluding hydrogens is 272 g/mol. The largest absolute Gasteiger partial charge is 0.480 e. The van der Waals surface area contributed by atoms with E-state index in [-0.39, 0.29) is 23.7 Å². The summed E-state index contributed by atoms with van der Waals surface area (Å²) in [5, 5.41) is 11.7. The van der Waals surface area contributed by atoms with E-state index in [1.54, 1.807) is 0 Å². The lowest BCUT2D eigenvalue weighted by Crippen LogP contribution is -2.47. The fourth-order valence-electron chi connectivity index (χ4n) is 2.79. The number of carboxylic acid groups (broad SMARTS) is 1. The van der Waals surface area contributed by atoms with E-state index in [0.717, 1.165) is 12.8 Å². The van der Waals surface area contributed by atoms with Gasteiger partial charge in [-0.3, -0.25) is 9.59 Å². The zero-order chi connectivity index (χ0) is 15.4. The number of amides is 2. The molecule has 0 bridgehead atoms.